The fourth-order valence-electron chi connectivity index (χ4n) is 6.16. The number of carbonyl (C=O) groups is 2. The summed E-state index contributed by atoms with van der Waals surface area (Å²) in [6.07, 6.45) is 5.24. The molecule has 47 heavy (non-hydrogen) atoms. The van der Waals surface area contributed by atoms with Crippen LogP contribution in [0.1, 0.15) is 46.7 Å². The highest BCUT2D eigenvalue weighted by Crippen LogP contribution is 2.38. The minimum Gasteiger partial charge on any atom is -0.481 e. The third-order valence-electron chi connectivity index (χ3n) is 8.85. The topological polar surface area (TPSA) is 147 Å². The maximum absolute atomic E-state index is 13.3. The van der Waals surface area contributed by atoms with E-state index in [0.717, 1.165) is 41.8 Å². The van der Waals surface area contributed by atoms with Crippen LogP contribution in [-0.4, -0.2) is 80.2 Å². The van der Waals surface area contributed by atoms with Crippen LogP contribution in [0.25, 0.3) is 22.5 Å². The summed E-state index contributed by atoms with van der Waals surface area (Å²) in [5.41, 5.74) is 5.89. The number of nitrogens with zero attached hydrogens (tertiary/aromatic N) is 5. The average molecular weight is 659 g/mol. The molecule has 2 saturated heterocycles. The largest absolute Gasteiger partial charge is 0.481 e. The second kappa shape index (κ2) is 14.2. The molecule has 12 nitrogen and oxygen atoms in total. The lowest BCUT2D eigenvalue weighted by Crippen LogP contribution is -2.35. The van der Waals surface area contributed by atoms with Gasteiger partial charge >= 0.3 is 0 Å². The Hall–Kier alpha value is -4.36. The van der Waals surface area contributed by atoms with Crippen molar-refractivity contribution in [2.45, 2.75) is 51.4 Å². The average Bonchev–Trinajstić information content (AvgIpc) is 3.78. The predicted molar refractivity (Wildman–Crippen MR) is 179 cm³/mol. The van der Waals surface area contributed by atoms with E-state index >= 15 is 0 Å². The Kier molecular flexibility index (Phi) is 9.83. The van der Waals surface area contributed by atoms with E-state index < -0.39 is 0 Å². The van der Waals surface area contributed by atoms with Crippen molar-refractivity contribution in [1.82, 2.24) is 35.1 Å². The zero-order valence-corrected chi connectivity index (χ0v) is 27.5. The monoisotopic (exact) mass is 658 g/mol. The fraction of sp³-hybridized carbons (Fsp3) is 0.382. The number of halogens is 1. The molecule has 3 aromatic heterocycles. The number of hydrogen-bond donors (Lipinski definition) is 4. The van der Waals surface area contributed by atoms with Crippen molar-refractivity contribution in [1.29, 1.82) is 0 Å². The van der Waals surface area contributed by atoms with Gasteiger partial charge in [-0.1, -0.05) is 29.8 Å². The second-order valence-electron chi connectivity index (χ2n) is 12.1. The molecular formula is C34H39ClN8O4. The third kappa shape index (κ3) is 7.15. The molecule has 1 aromatic carbocycles. The van der Waals surface area contributed by atoms with Gasteiger partial charge in [0, 0.05) is 80.8 Å². The molecule has 2 fully saturated rings. The summed E-state index contributed by atoms with van der Waals surface area (Å²) in [7, 11) is 3.41. The first kappa shape index (κ1) is 32.6. The first-order valence-electron chi connectivity index (χ1n) is 15.7. The quantitative estimate of drug-likeness (QED) is 0.189. The number of aliphatic hydroxyl groups is 1. The summed E-state index contributed by atoms with van der Waals surface area (Å²) in [6, 6.07) is 11.4. The molecule has 0 spiro atoms. The van der Waals surface area contributed by atoms with Crippen LogP contribution in [0.5, 0.6) is 5.88 Å². The summed E-state index contributed by atoms with van der Waals surface area (Å²) in [4.78, 5) is 40.7. The molecule has 4 aromatic rings. The van der Waals surface area contributed by atoms with Gasteiger partial charge in [-0.15, -0.1) is 0 Å². The molecule has 6 rings (SSSR count). The Morgan fingerprint density at radius 3 is 2.77 bits per heavy atom. The number of likely N-dealkylation sites (tertiary alicyclic amines) is 1. The molecule has 0 radical (unpaired) electrons. The molecule has 2 aliphatic rings. The van der Waals surface area contributed by atoms with E-state index in [2.05, 4.69) is 30.8 Å². The van der Waals surface area contributed by atoms with Gasteiger partial charge in [-0.3, -0.25) is 19.5 Å². The van der Waals surface area contributed by atoms with Gasteiger partial charge < -0.3 is 30.4 Å². The van der Waals surface area contributed by atoms with Crippen molar-refractivity contribution in [2.24, 2.45) is 7.05 Å². The minimum atomic E-state index is -0.327. The number of rotatable bonds is 11. The Morgan fingerprint density at radius 2 is 2.02 bits per heavy atom. The molecule has 0 unspecified atom stereocenters. The number of anilines is 1. The number of carbonyl (C=O) groups excluding carboxylic acids is 2. The summed E-state index contributed by atoms with van der Waals surface area (Å²) in [6.45, 7) is 5.17. The molecule has 0 saturated carbocycles. The van der Waals surface area contributed by atoms with Gasteiger partial charge in [-0.25, -0.2) is 9.97 Å². The summed E-state index contributed by atoms with van der Waals surface area (Å²) < 4.78 is 7.41. The Labute approximate surface area is 278 Å². The highest BCUT2D eigenvalue weighted by Gasteiger charge is 2.24. The molecule has 0 aliphatic carbocycles. The lowest BCUT2D eigenvalue weighted by Gasteiger charge is -2.16. The molecule has 4 N–H and O–H groups in total. The summed E-state index contributed by atoms with van der Waals surface area (Å²) in [5.74, 6) is 0.546. The summed E-state index contributed by atoms with van der Waals surface area (Å²) in [5, 5.41) is 19.6. The van der Waals surface area contributed by atoms with E-state index in [-0.39, 0.29) is 24.0 Å². The fourth-order valence-corrected chi connectivity index (χ4v) is 6.48. The highest BCUT2D eigenvalue weighted by atomic mass is 35.5. The van der Waals surface area contributed by atoms with Gasteiger partial charge in [0.1, 0.15) is 0 Å². The number of ether oxygens (including phenoxy) is 1. The van der Waals surface area contributed by atoms with Crippen molar-refractivity contribution in [3.8, 4) is 28.4 Å². The second-order valence-corrected chi connectivity index (χ2v) is 12.4. The minimum absolute atomic E-state index is 0.0927. The van der Waals surface area contributed by atoms with E-state index in [1.807, 2.05) is 50.4 Å². The molecule has 13 heteroatoms. The number of benzene rings is 1. The number of pyridine rings is 2. The zero-order valence-electron chi connectivity index (χ0n) is 26.7. The van der Waals surface area contributed by atoms with Crippen molar-refractivity contribution in [3.63, 3.8) is 0 Å². The van der Waals surface area contributed by atoms with Crippen LogP contribution in [0.4, 0.5) is 5.69 Å². The van der Waals surface area contributed by atoms with Crippen LogP contribution in [-0.2, 0) is 24.9 Å². The van der Waals surface area contributed by atoms with Crippen LogP contribution >= 0.6 is 11.6 Å². The number of imidazole rings is 1. The third-order valence-corrected chi connectivity index (χ3v) is 9.23. The number of amides is 2. The maximum atomic E-state index is 13.3. The number of aliphatic hydroxyl groups excluding tert-OH is 1. The standard InChI is InChI=1S/C34H39ClN8O4/c1-20-25(5-4-6-27(20)40-33(46)32-38-17-23(42(32)2)18-43-14-12-24(44)19-43)31-30(35)26(11-13-37-31)28-9-7-21(34(41-28)47-3)15-36-16-22-8-10-29(45)39-22/h4-7,9,11,13,17,22,24,36,44H,8,10,12,14-16,18-19H2,1-3H3,(H,39,45)(H,40,46)/t22-,24-/m1/s1. The smallest absolute Gasteiger partial charge is 0.291 e. The number of nitrogens with one attached hydrogen (secondary N) is 3. The lowest BCUT2D eigenvalue weighted by atomic mass is 10.0. The number of methoxy groups -OCH3 is 1. The Balaban J connectivity index is 1.18. The predicted octanol–water partition coefficient (Wildman–Crippen LogP) is 3.70. The van der Waals surface area contributed by atoms with E-state index in [1.54, 1.807) is 24.1 Å². The van der Waals surface area contributed by atoms with Gasteiger partial charge in [0.25, 0.3) is 5.91 Å². The number of hydrogen-bond acceptors (Lipinski definition) is 9. The molecular weight excluding hydrogens is 620 g/mol. The normalized spacial score (nSPS) is 18.0. The number of β-amino-alcohol motifs (C(OH)–C–C–N with tert-alkyl or cyclic N) is 1. The molecule has 0 bridgehead atoms. The highest BCUT2D eigenvalue weighted by molar-refractivity contribution is 6.35. The molecule has 5 heterocycles. The summed E-state index contributed by atoms with van der Waals surface area (Å²) >= 11 is 7.00. The zero-order chi connectivity index (χ0) is 33.1. The van der Waals surface area contributed by atoms with Gasteiger partial charge in [-0.05, 0) is 43.5 Å². The lowest BCUT2D eigenvalue weighted by molar-refractivity contribution is -0.119. The van der Waals surface area contributed by atoms with E-state index in [9.17, 15) is 14.7 Å². The van der Waals surface area contributed by atoms with Crippen molar-refractivity contribution in [3.05, 3.63) is 76.5 Å². The van der Waals surface area contributed by atoms with Crippen LogP contribution in [0, 0.1) is 6.92 Å². The first-order chi connectivity index (χ1) is 22.7. The van der Waals surface area contributed by atoms with Crippen LogP contribution < -0.4 is 20.7 Å². The number of aromatic nitrogens is 4. The van der Waals surface area contributed by atoms with E-state index in [0.29, 0.717) is 72.0 Å². The van der Waals surface area contributed by atoms with Gasteiger partial charge in [0.05, 0.1) is 41.5 Å². The first-order valence-corrected chi connectivity index (χ1v) is 16.1. The van der Waals surface area contributed by atoms with Crippen LogP contribution in [0.3, 0.4) is 0 Å². The molecule has 2 atom stereocenters. The Bertz CT molecular complexity index is 1790. The van der Waals surface area contributed by atoms with Crippen molar-refractivity contribution >= 4 is 29.1 Å². The van der Waals surface area contributed by atoms with Gasteiger partial charge in [0.15, 0.2) is 5.82 Å². The Morgan fingerprint density at radius 1 is 1.17 bits per heavy atom. The van der Waals surface area contributed by atoms with E-state index in [1.165, 1.54) is 0 Å². The maximum Gasteiger partial charge on any atom is 0.291 e. The van der Waals surface area contributed by atoms with Crippen LogP contribution in [0.2, 0.25) is 5.02 Å². The van der Waals surface area contributed by atoms with Crippen LogP contribution in [0.15, 0.2) is 48.8 Å². The van der Waals surface area contributed by atoms with Gasteiger partial charge in [0.2, 0.25) is 11.8 Å². The molecule has 246 valence electrons. The molecule has 2 amide bonds. The van der Waals surface area contributed by atoms with Crippen molar-refractivity contribution in [2.75, 3.05) is 32.1 Å². The van der Waals surface area contributed by atoms with Gasteiger partial charge in [-0.2, -0.15) is 0 Å². The molecule has 2 aliphatic heterocycles. The van der Waals surface area contributed by atoms with E-state index in [4.69, 9.17) is 21.3 Å². The SMILES string of the molecule is COc1nc(-c2ccnc(-c3cccc(NC(=O)c4ncc(CN5CC[C@@H](O)C5)n4C)c3C)c2Cl)ccc1CNC[C@H]1CCC(=O)N1. The van der Waals surface area contributed by atoms with Crippen molar-refractivity contribution < 1.29 is 19.4 Å².